The summed E-state index contributed by atoms with van der Waals surface area (Å²) >= 11 is 2.18. The number of aromatic nitrogens is 1. The van der Waals surface area contributed by atoms with Gasteiger partial charge in [-0.15, -0.1) is 0 Å². The van der Waals surface area contributed by atoms with Crippen LogP contribution in [-0.2, 0) is 6.54 Å². The average Bonchev–Trinajstić information content (AvgIpc) is 2.89. The van der Waals surface area contributed by atoms with Crippen LogP contribution < -0.4 is 10.5 Å². The SMILES string of the molecule is NCc1c(OC2CC2)ccnc1I. The Hall–Kier alpha value is -0.360. The minimum atomic E-state index is 0.420. The van der Waals surface area contributed by atoms with Crippen molar-refractivity contribution in [3.05, 3.63) is 21.5 Å². The van der Waals surface area contributed by atoms with E-state index >= 15 is 0 Å². The quantitative estimate of drug-likeness (QED) is 0.680. The molecule has 1 aromatic rings. The van der Waals surface area contributed by atoms with Gasteiger partial charge in [0, 0.05) is 18.3 Å². The number of rotatable bonds is 3. The Morgan fingerprint density at radius 1 is 1.62 bits per heavy atom. The van der Waals surface area contributed by atoms with E-state index in [1.807, 2.05) is 6.07 Å². The van der Waals surface area contributed by atoms with Gasteiger partial charge < -0.3 is 10.5 Å². The molecule has 2 rings (SSSR count). The van der Waals surface area contributed by atoms with Gasteiger partial charge in [-0.1, -0.05) is 0 Å². The second-order valence-corrected chi connectivity index (χ2v) is 4.12. The third-order valence-corrected chi connectivity index (χ3v) is 2.91. The van der Waals surface area contributed by atoms with Crippen LogP contribution in [0.4, 0.5) is 0 Å². The van der Waals surface area contributed by atoms with Gasteiger partial charge in [-0.3, -0.25) is 0 Å². The minimum absolute atomic E-state index is 0.420. The van der Waals surface area contributed by atoms with Gasteiger partial charge in [-0.25, -0.2) is 4.98 Å². The molecule has 0 spiro atoms. The molecule has 2 N–H and O–H groups in total. The molecule has 0 aromatic carbocycles. The molecule has 0 aliphatic heterocycles. The Morgan fingerprint density at radius 2 is 2.38 bits per heavy atom. The van der Waals surface area contributed by atoms with E-state index in [1.54, 1.807) is 6.20 Å². The molecule has 0 atom stereocenters. The molecule has 0 bridgehead atoms. The Kier molecular flexibility index (Phi) is 2.69. The van der Waals surface area contributed by atoms with Crippen LogP contribution in [-0.4, -0.2) is 11.1 Å². The summed E-state index contributed by atoms with van der Waals surface area (Å²) in [6.45, 7) is 0.494. The largest absolute Gasteiger partial charge is 0.490 e. The molecule has 0 radical (unpaired) electrons. The highest BCUT2D eigenvalue weighted by molar-refractivity contribution is 14.1. The fraction of sp³-hybridized carbons (Fsp3) is 0.444. The lowest BCUT2D eigenvalue weighted by atomic mass is 10.2. The van der Waals surface area contributed by atoms with Gasteiger partial charge in [-0.05, 0) is 41.5 Å². The molecular formula is C9H11IN2O. The highest BCUT2D eigenvalue weighted by Crippen LogP contribution is 2.30. The lowest BCUT2D eigenvalue weighted by molar-refractivity contribution is 0.299. The molecule has 1 saturated carbocycles. The van der Waals surface area contributed by atoms with Crippen molar-refractivity contribution in [3.8, 4) is 5.75 Å². The van der Waals surface area contributed by atoms with Crippen LogP contribution in [0.2, 0.25) is 0 Å². The maximum Gasteiger partial charge on any atom is 0.128 e. The van der Waals surface area contributed by atoms with Crippen molar-refractivity contribution in [2.24, 2.45) is 5.73 Å². The molecule has 1 fully saturated rings. The van der Waals surface area contributed by atoms with E-state index in [0.717, 1.165) is 15.0 Å². The maximum atomic E-state index is 5.70. The fourth-order valence-electron chi connectivity index (χ4n) is 1.11. The van der Waals surface area contributed by atoms with E-state index < -0.39 is 0 Å². The van der Waals surface area contributed by atoms with Gasteiger partial charge in [0.05, 0.1) is 6.10 Å². The van der Waals surface area contributed by atoms with Gasteiger partial charge in [0.15, 0.2) is 0 Å². The average molecular weight is 290 g/mol. The molecule has 1 aliphatic rings. The molecule has 1 heterocycles. The number of hydrogen-bond donors (Lipinski definition) is 1. The van der Waals surface area contributed by atoms with E-state index in [-0.39, 0.29) is 0 Å². The predicted octanol–water partition coefficient (Wildman–Crippen LogP) is 1.69. The van der Waals surface area contributed by atoms with Crippen LogP contribution in [0.1, 0.15) is 18.4 Å². The van der Waals surface area contributed by atoms with E-state index in [9.17, 15) is 0 Å². The monoisotopic (exact) mass is 290 g/mol. The van der Waals surface area contributed by atoms with Crippen molar-refractivity contribution >= 4 is 22.6 Å². The van der Waals surface area contributed by atoms with Gasteiger partial charge in [-0.2, -0.15) is 0 Å². The Morgan fingerprint density at radius 3 is 3.00 bits per heavy atom. The maximum absolute atomic E-state index is 5.70. The van der Waals surface area contributed by atoms with E-state index in [1.165, 1.54) is 12.8 Å². The van der Waals surface area contributed by atoms with Crippen LogP contribution in [0.25, 0.3) is 0 Å². The zero-order valence-electron chi connectivity index (χ0n) is 7.16. The number of nitrogens with zero attached hydrogens (tertiary/aromatic N) is 1. The summed E-state index contributed by atoms with van der Waals surface area (Å²) in [7, 11) is 0. The van der Waals surface area contributed by atoms with Crippen molar-refractivity contribution in [1.82, 2.24) is 4.98 Å². The second kappa shape index (κ2) is 3.79. The van der Waals surface area contributed by atoms with E-state index in [4.69, 9.17) is 10.5 Å². The first-order valence-electron chi connectivity index (χ1n) is 4.31. The van der Waals surface area contributed by atoms with Crippen molar-refractivity contribution < 1.29 is 4.74 Å². The van der Waals surface area contributed by atoms with Crippen LogP contribution in [0, 0.1) is 3.70 Å². The summed E-state index contributed by atoms with van der Waals surface area (Å²) in [5, 5.41) is 0. The van der Waals surface area contributed by atoms with Crippen LogP contribution >= 0.6 is 22.6 Å². The van der Waals surface area contributed by atoms with Crippen LogP contribution in [0.15, 0.2) is 12.3 Å². The summed E-state index contributed by atoms with van der Waals surface area (Å²) in [5.41, 5.74) is 6.65. The summed E-state index contributed by atoms with van der Waals surface area (Å²) in [5.74, 6) is 0.907. The Balaban J connectivity index is 2.25. The number of nitrogens with two attached hydrogens (primary N) is 1. The zero-order valence-corrected chi connectivity index (χ0v) is 9.32. The smallest absolute Gasteiger partial charge is 0.128 e. The van der Waals surface area contributed by atoms with Gasteiger partial charge >= 0.3 is 0 Å². The molecule has 3 nitrogen and oxygen atoms in total. The van der Waals surface area contributed by atoms with Crippen molar-refractivity contribution in [1.29, 1.82) is 0 Å². The predicted molar refractivity (Wildman–Crippen MR) is 58.5 cm³/mol. The lowest BCUT2D eigenvalue weighted by Crippen LogP contribution is -2.06. The van der Waals surface area contributed by atoms with Crippen molar-refractivity contribution in [2.75, 3.05) is 0 Å². The van der Waals surface area contributed by atoms with Crippen molar-refractivity contribution in [2.45, 2.75) is 25.5 Å². The first kappa shape index (κ1) is 9.21. The number of ether oxygens (including phenoxy) is 1. The summed E-state index contributed by atoms with van der Waals surface area (Å²) in [4.78, 5) is 4.16. The molecule has 0 unspecified atom stereocenters. The minimum Gasteiger partial charge on any atom is -0.490 e. The highest BCUT2D eigenvalue weighted by atomic mass is 127. The zero-order chi connectivity index (χ0) is 9.26. The van der Waals surface area contributed by atoms with E-state index in [2.05, 4.69) is 27.6 Å². The third-order valence-electron chi connectivity index (χ3n) is 1.98. The lowest BCUT2D eigenvalue weighted by Gasteiger charge is -2.09. The molecule has 70 valence electrons. The van der Waals surface area contributed by atoms with Gasteiger partial charge in [0.1, 0.15) is 9.45 Å². The summed E-state index contributed by atoms with van der Waals surface area (Å²) in [6, 6.07) is 1.89. The normalized spacial score (nSPS) is 15.8. The molecule has 0 amide bonds. The third kappa shape index (κ3) is 2.11. The Bertz CT molecular complexity index is 312. The van der Waals surface area contributed by atoms with Gasteiger partial charge in [0.2, 0.25) is 0 Å². The molecule has 1 aliphatic carbocycles. The number of hydrogen-bond acceptors (Lipinski definition) is 3. The molecular weight excluding hydrogens is 279 g/mol. The molecule has 1 aromatic heterocycles. The standard InChI is InChI=1S/C9H11IN2O/c10-9-7(5-11)8(3-4-12-9)13-6-1-2-6/h3-4,6H,1-2,5,11H2. The van der Waals surface area contributed by atoms with Gasteiger partial charge in [0.25, 0.3) is 0 Å². The Labute approximate surface area is 90.8 Å². The number of pyridine rings is 1. The molecule has 13 heavy (non-hydrogen) atoms. The first-order valence-corrected chi connectivity index (χ1v) is 5.39. The number of halogens is 1. The van der Waals surface area contributed by atoms with Crippen molar-refractivity contribution in [3.63, 3.8) is 0 Å². The fourth-order valence-corrected chi connectivity index (χ4v) is 1.76. The first-order chi connectivity index (χ1) is 6.31. The summed E-state index contributed by atoms with van der Waals surface area (Å²) in [6.07, 6.45) is 4.52. The highest BCUT2D eigenvalue weighted by Gasteiger charge is 2.24. The van der Waals surface area contributed by atoms with Crippen LogP contribution in [0.3, 0.4) is 0 Å². The molecule has 4 heteroatoms. The van der Waals surface area contributed by atoms with E-state index in [0.29, 0.717) is 12.6 Å². The summed E-state index contributed by atoms with van der Waals surface area (Å²) < 4.78 is 6.65. The molecule has 0 saturated heterocycles. The topological polar surface area (TPSA) is 48.1 Å². The van der Waals surface area contributed by atoms with Crippen LogP contribution in [0.5, 0.6) is 5.75 Å². The second-order valence-electron chi connectivity index (χ2n) is 3.10.